The summed E-state index contributed by atoms with van der Waals surface area (Å²) in [7, 11) is 4.62. The van der Waals surface area contributed by atoms with Gasteiger partial charge >= 0.3 is 0 Å². The molecule has 0 aliphatic carbocycles. The van der Waals surface area contributed by atoms with Crippen LogP contribution in [0.4, 0.5) is 28.8 Å². The maximum Gasteiger partial charge on any atom is 0.248 e. The Morgan fingerprint density at radius 1 is 0.757 bits per heavy atom. The second kappa shape index (κ2) is 12.0. The first-order chi connectivity index (χ1) is 18.1. The summed E-state index contributed by atoms with van der Waals surface area (Å²) in [6, 6.07) is 18.1. The van der Waals surface area contributed by atoms with Crippen LogP contribution >= 0.6 is 0 Å². The predicted molar refractivity (Wildman–Crippen MR) is 143 cm³/mol. The van der Waals surface area contributed by atoms with Gasteiger partial charge in [0.2, 0.25) is 11.7 Å². The maximum absolute atomic E-state index is 12.5. The largest absolute Gasteiger partial charge is 0.493 e. The molecule has 2 aromatic carbocycles. The average molecular weight is 499 g/mol. The molecule has 4 rings (SSSR count). The molecule has 10 nitrogen and oxygen atoms in total. The van der Waals surface area contributed by atoms with Crippen molar-refractivity contribution < 1.29 is 19.0 Å². The third-order valence-electron chi connectivity index (χ3n) is 5.13. The molecule has 2 heterocycles. The molecule has 0 saturated carbocycles. The van der Waals surface area contributed by atoms with Gasteiger partial charge in [0.05, 0.1) is 21.3 Å². The summed E-state index contributed by atoms with van der Waals surface area (Å²) in [5.41, 5.74) is 2.17. The molecule has 37 heavy (non-hydrogen) atoms. The number of carbonyl (C=O) groups is 1. The normalized spacial score (nSPS) is 10.6. The molecule has 2 aromatic heterocycles. The van der Waals surface area contributed by atoms with Crippen LogP contribution in [0.1, 0.15) is 5.56 Å². The SMILES string of the molecule is COc1cc(/C=C/C(=O)Nc2ccc(Nc3cc(Nc4ccccn4)ncn3)cc2)cc(OC)c1OC. The van der Waals surface area contributed by atoms with Crippen molar-refractivity contribution in [3.05, 3.63) is 84.8 Å². The number of carbonyl (C=O) groups excluding carboxylic acids is 1. The smallest absolute Gasteiger partial charge is 0.248 e. The van der Waals surface area contributed by atoms with Crippen LogP contribution in [0.3, 0.4) is 0 Å². The van der Waals surface area contributed by atoms with Crippen LogP contribution in [-0.4, -0.2) is 42.2 Å². The molecule has 0 atom stereocenters. The molecule has 188 valence electrons. The zero-order chi connectivity index (χ0) is 26.0. The molecule has 0 spiro atoms. The molecule has 0 bridgehead atoms. The number of methoxy groups -OCH3 is 3. The summed E-state index contributed by atoms with van der Waals surface area (Å²) in [4.78, 5) is 25.1. The van der Waals surface area contributed by atoms with Crippen molar-refractivity contribution in [1.82, 2.24) is 15.0 Å². The Bertz CT molecular complexity index is 1350. The van der Waals surface area contributed by atoms with Gasteiger partial charge in [-0.05, 0) is 60.2 Å². The summed E-state index contributed by atoms with van der Waals surface area (Å²) >= 11 is 0. The lowest BCUT2D eigenvalue weighted by molar-refractivity contribution is -0.111. The number of anilines is 5. The highest BCUT2D eigenvalue weighted by Gasteiger charge is 2.12. The number of amides is 1. The van der Waals surface area contributed by atoms with Crippen LogP contribution in [0.2, 0.25) is 0 Å². The Kier molecular flexibility index (Phi) is 8.12. The lowest BCUT2D eigenvalue weighted by Gasteiger charge is -2.12. The van der Waals surface area contributed by atoms with Crippen molar-refractivity contribution in [2.24, 2.45) is 0 Å². The molecule has 3 N–H and O–H groups in total. The molecular weight excluding hydrogens is 472 g/mol. The maximum atomic E-state index is 12.5. The number of pyridine rings is 1. The van der Waals surface area contributed by atoms with E-state index in [9.17, 15) is 4.79 Å². The van der Waals surface area contributed by atoms with Crippen LogP contribution < -0.4 is 30.2 Å². The first-order valence-electron chi connectivity index (χ1n) is 11.2. The summed E-state index contributed by atoms with van der Waals surface area (Å²) in [6.07, 6.45) is 6.26. The molecule has 0 unspecified atom stereocenters. The van der Waals surface area contributed by atoms with Crippen LogP contribution in [0.15, 0.2) is 79.3 Å². The summed E-state index contributed by atoms with van der Waals surface area (Å²) < 4.78 is 16.0. The number of nitrogens with zero attached hydrogens (tertiary/aromatic N) is 3. The fourth-order valence-corrected chi connectivity index (χ4v) is 3.40. The zero-order valence-corrected chi connectivity index (χ0v) is 20.6. The van der Waals surface area contributed by atoms with Crippen molar-refractivity contribution in [2.75, 3.05) is 37.3 Å². The Balaban J connectivity index is 1.36. The highest BCUT2D eigenvalue weighted by molar-refractivity contribution is 6.02. The molecule has 4 aromatic rings. The highest BCUT2D eigenvalue weighted by Crippen LogP contribution is 2.38. The van der Waals surface area contributed by atoms with E-state index in [1.165, 1.54) is 19.5 Å². The second-order valence-electron chi connectivity index (χ2n) is 7.61. The lowest BCUT2D eigenvalue weighted by Crippen LogP contribution is -2.07. The minimum absolute atomic E-state index is 0.282. The van der Waals surface area contributed by atoms with Crippen LogP contribution in [-0.2, 0) is 4.79 Å². The highest BCUT2D eigenvalue weighted by atomic mass is 16.5. The van der Waals surface area contributed by atoms with Crippen molar-refractivity contribution in [1.29, 1.82) is 0 Å². The first kappa shape index (κ1) is 25.0. The third kappa shape index (κ3) is 6.73. The lowest BCUT2D eigenvalue weighted by atomic mass is 10.1. The number of nitrogens with one attached hydrogen (secondary N) is 3. The van der Waals surface area contributed by atoms with Crippen molar-refractivity contribution in [2.45, 2.75) is 0 Å². The van der Waals surface area contributed by atoms with Gasteiger partial charge in [-0.3, -0.25) is 4.79 Å². The number of rotatable bonds is 10. The van der Waals surface area contributed by atoms with E-state index in [2.05, 4.69) is 30.9 Å². The Labute approximate surface area is 214 Å². The Hall–Kier alpha value is -5.12. The average Bonchev–Trinajstić information content (AvgIpc) is 2.93. The number of ether oxygens (including phenoxy) is 3. The van der Waals surface area contributed by atoms with E-state index >= 15 is 0 Å². The van der Waals surface area contributed by atoms with Crippen molar-refractivity contribution >= 4 is 40.8 Å². The van der Waals surface area contributed by atoms with Crippen LogP contribution in [0.5, 0.6) is 17.2 Å². The van der Waals surface area contributed by atoms with Gasteiger partial charge in [0.25, 0.3) is 0 Å². The third-order valence-corrected chi connectivity index (χ3v) is 5.13. The van der Waals surface area contributed by atoms with Gasteiger partial charge in [0.15, 0.2) is 11.5 Å². The summed E-state index contributed by atoms with van der Waals surface area (Å²) in [5.74, 6) is 3.13. The standard InChI is InChI=1S/C27H26N6O4/c1-35-21-14-18(15-22(36-2)27(21)37-3)7-12-26(34)32-20-10-8-19(9-11-20)31-24-16-25(30-17-29-24)33-23-6-4-5-13-28-23/h4-17H,1-3H3,(H,32,34)(H2,28,29,30,31,33)/b12-7+. The summed E-state index contributed by atoms with van der Waals surface area (Å²) in [5, 5.41) is 9.18. The van der Waals surface area contributed by atoms with Gasteiger partial charge in [-0.15, -0.1) is 0 Å². The first-order valence-corrected chi connectivity index (χ1v) is 11.2. The Morgan fingerprint density at radius 2 is 1.43 bits per heavy atom. The summed E-state index contributed by atoms with van der Waals surface area (Å²) in [6.45, 7) is 0. The van der Waals surface area contributed by atoms with E-state index in [4.69, 9.17) is 14.2 Å². The fourth-order valence-electron chi connectivity index (χ4n) is 3.40. The molecule has 0 aliphatic heterocycles. The quantitative estimate of drug-likeness (QED) is 0.258. The monoisotopic (exact) mass is 498 g/mol. The van der Waals surface area contributed by atoms with E-state index in [-0.39, 0.29) is 5.91 Å². The number of hydrogen-bond donors (Lipinski definition) is 3. The van der Waals surface area contributed by atoms with Gasteiger partial charge in [-0.2, -0.15) is 0 Å². The van der Waals surface area contributed by atoms with Gasteiger partial charge in [0, 0.05) is 29.7 Å². The number of aromatic nitrogens is 3. The van der Waals surface area contributed by atoms with Gasteiger partial charge in [-0.25, -0.2) is 15.0 Å². The molecule has 1 amide bonds. The molecule has 10 heteroatoms. The van der Waals surface area contributed by atoms with Gasteiger partial charge in [-0.1, -0.05) is 6.07 Å². The molecule has 0 saturated heterocycles. The number of benzene rings is 2. The predicted octanol–water partition coefficient (Wildman–Crippen LogP) is 5.04. The zero-order valence-electron chi connectivity index (χ0n) is 20.6. The van der Waals surface area contributed by atoms with Gasteiger partial charge < -0.3 is 30.2 Å². The van der Waals surface area contributed by atoms with E-state index in [1.54, 1.807) is 56.8 Å². The van der Waals surface area contributed by atoms with E-state index < -0.39 is 0 Å². The van der Waals surface area contributed by atoms with Gasteiger partial charge in [0.1, 0.15) is 23.8 Å². The molecule has 0 fully saturated rings. The fraction of sp³-hybridized carbons (Fsp3) is 0.111. The minimum Gasteiger partial charge on any atom is -0.493 e. The second-order valence-corrected chi connectivity index (χ2v) is 7.61. The van der Waals surface area contributed by atoms with Crippen LogP contribution in [0.25, 0.3) is 6.08 Å². The molecule has 0 aliphatic rings. The number of hydrogen-bond acceptors (Lipinski definition) is 9. The van der Waals surface area contributed by atoms with Crippen molar-refractivity contribution in [3.8, 4) is 17.2 Å². The Morgan fingerprint density at radius 3 is 2.05 bits per heavy atom. The minimum atomic E-state index is -0.282. The topological polar surface area (TPSA) is 120 Å². The van der Waals surface area contributed by atoms with Crippen molar-refractivity contribution in [3.63, 3.8) is 0 Å². The molecule has 0 radical (unpaired) electrons. The van der Waals surface area contributed by atoms with E-state index in [0.29, 0.717) is 40.4 Å². The van der Waals surface area contributed by atoms with E-state index in [1.807, 2.05) is 30.3 Å². The molecular formula is C27H26N6O4. The van der Waals surface area contributed by atoms with Crippen LogP contribution in [0, 0.1) is 0 Å². The van der Waals surface area contributed by atoms with E-state index in [0.717, 1.165) is 11.3 Å².